The number of anilines is 1. The highest BCUT2D eigenvalue weighted by atomic mass is 16.5. The lowest BCUT2D eigenvalue weighted by Crippen LogP contribution is -2.34. The number of aromatic nitrogens is 4. The van der Waals surface area contributed by atoms with Gasteiger partial charge in [0.25, 0.3) is 5.95 Å². The molecule has 1 aromatic carbocycles. The Labute approximate surface area is 226 Å². The van der Waals surface area contributed by atoms with E-state index in [9.17, 15) is 15.0 Å². The molecule has 0 aliphatic carbocycles. The molecule has 0 fully saturated rings. The molecule has 11 N–H and O–H groups in total. The van der Waals surface area contributed by atoms with Gasteiger partial charge in [0, 0.05) is 30.8 Å². The summed E-state index contributed by atoms with van der Waals surface area (Å²) in [5.41, 5.74) is 29.9. The van der Waals surface area contributed by atoms with Gasteiger partial charge in [-0.05, 0) is 37.9 Å². The number of aryl methyl sites for hydroxylation is 1. The Bertz CT molecular complexity index is 1910. The number of carbonyl (C=O) groups is 1. The van der Waals surface area contributed by atoms with Gasteiger partial charge in [0.2, 0.25) is 11.9 Å². The van der Waals surface area contributed by atoms with Gasteiger partial charge in [0.1, 0.15) is 22.6 Å². The first-order valence-electron chi connectivity index (χ1n) is 13.2. The molecule has 4 aliphatic rings. The monoisotopic (exact) mass is 547 g/mol. The second kappa shape index (κ2) is 8.82. The molecule has 4 aliphatic heterocycles. The lowest BCUT2D eigenvalue weighted by atomic mass is 9.92. The van der Waals surface area contributed by atoms with Crippen molar-refractivity contribution in [1.29, 1.82) is 0 Å². The van der Waals surface area contributed by atoms with Crippen molar-refractivity contribution in [3.63, 3.8) is 0 Å². The molecular weight excluding hydrogens is 518 g/mol. The normalized spacial score (nSPS) is 16.1. The number of carboxylic acids is 1. The summed E-state index contributed by atoms with van der Waals surface area (Å²) in [6, 6.07) is 0. The van der Waals surface area contributed by atoms with Gasteiger partial charge in [0.05, 0.1) is 33.8 Å². The number of benzene rings is 1. The predicted molar refractivity (Wildman–Crippen MR) is 147 cm³/mol. The van der Waals surface area contributed by atoms with Crippen LogP contribution < -0.4 is 33.5 Å². The van der Waals surface area contributed by atoms with Crippen molar-refractivity contribution in [1.82, 2.24) is 18.9 Å². The Hall–Kier alpha value is -4.37. The van der Waals surface area contributed by atoms with E-state index in [1.165, 1.54) is 0 Å². The summed E-state index contributed by atoms with van der Waals surface area (Å²) < 4.78 is 16.0. The number of nitrogens with one attached hydrogen (secondary N) is 1. The minimum Gasteiger partial charge on any atom is -0.480 e. The van der Waals surface area contributed by atoms with Crippen LogP contribution in [0, 0.1) is 0 Å². The quantitative estimate of drug-likeness (QED) is 0.116. The highest BCUT2D eigenvalue weighted by Gasteiger charge is 2.43. The molecule has 0 saturated heterocycles. The van der Waals surface area contributed by atoms with E-state index in [0.29, 0.717) is 99.4 Å². The first-order chi connectivity index (χ1) is 19.5. The van der Waals surface area contributed by atoms with Crippen LogP contribution in [0.25, 0.3) is 51.0 Å². The van der Waals surface area contributed by atoms with E-state index in [1.54, 1.807) is 6.26 Å². The number of nitrogens with two attached hydrogens (primary N) is 4. The van der Waals surface area contributed by atoms with Gasteiger partial charge in [-0.2, -0.15) is 0 Å². The summed E-state index contributed by atoms with van der Waals surface area (Å²) in [5, 5.41) is 26.1. The molecule has 0 amide bonds. The largest absolute Gasteiger partial charge is 0.480 e. The van der Waals surface area contributed by atoms with Crippen LogP contribution in [0.4, 0.5) is 5.69 Å². The molecule has 2 aromatic heterocycles. The molecule has 1 atom stereocenters. The van der Waals surface area contributed by atoms with Gasteiger partial charge in [-0.3, -0.25) is 8.97 Å². The summed E-state index contributed by atoms with van der Waals surface area (Å²) in [6.07, 6.45) is 1.97. The predicted octanol–water partition coefficient (Wildman–Crippen LogP) is 0.148. The van der Waals surface area contributed by atoms with E-state index < -0.39 is 12.2 Å². The smallest absolute Gasteiger partial charge is 0.337 e. The number of rotatable bonds is 10. The molecular formula is C26H29N9O5. The van der Waals surface area contributed by atoms with Crippen molar-refractivity contribution in [2.45, 2.75) is 32.0 Å². The maximum absolute atomic E-state index is 12.8. The molecule has 208 valence electrons. The van der Waals surface area contributed by atoms with E-state index in [0.717, 1.165) is 0 Å². The van der Waals surface area contributed by atoms with Crippen molar-refractivity contribution < 1.29 is 24.2 Å². The topological polar surface area (TPSA) is 231 Å². The Morgan fingerprint density at radius 2 is 1.95 bits per heavy atom. The van der Waals surface area contributed by atoms with Crippen LogP contribution >= 0.6 is 0 Å². The first kappa shape index (κ1) is 24.7. The highest BCUT2D eigenvalue weighted by Crippen LogP contribution is 2.50. The lowest BCUT2D eigenvalue weighted by molar-refractivity contribution is -0.134. The number of ether oxygens (including phenoxy) is 1. The minimum absolute atomic E-state index is 0.0526. The maximum Gasteiger partial charge on any atom is 0.337 e. The standard InChI is InChI=1S/C26H29N9O5/c27-4-1-2-13-21-33-18-10(3-5-28)15(25(36)37)24-35-19-12(9-39-24)17(31-7-6-29)11(8-30)14-16(19)20(34(21)23(18)35)22(32-13)40-26(14)38/h9,24,31,38H,1-8,27-30H2,(H,36,37). The fourth-order valence-electron chi connectivity index (χ4n) is 6.31. The van der Waals surface area contributed by atoms with Crippen molar-refractivity contribution in [3.05, 3.63) is 27.7 Å². The summed E-state index contributed by atoms with van der Waals surface area (Å²) in [6.45, 7) is 1.50. The average Bonchev–Trinajstić information content (AvgIpc) is 3.35. The Kier molecular flexibility index (Phi) is 5.44. The van der Waals surface area contributed by atoms with E-state index >= 15 is 0 Å². The van der Waals surface area contributed by atoms with Crippen LogP contribution in [0.15, 0.2) is 9.99 Å². The van der Waals surface area contributed by atoms with Gasteiger partial charge in [-0.15, -0.1) is 0 Å². The SMILES string of the molecule is NCCCc1nc2oc(O)c3c(CN)c(NCCN)c4c5c3-c2n2c1nc1c2n5C(OC=4)C(C(=O)O)=C1CCN. The van der Waals surface area contributed by atoms with Crippen molar-refractivity contribution in [3.8, 4) is 17.2 Å². The fourth-order valence-corrected chi connectivity index (χ4v) is 6.31. The van der Waals surface area contributed by atoms with Gasteiger partial charge >= 0.3 is 5.97 Å². The maximum atomic E-state index is 12.8. The van der Waals surface area contributed by atoms with E-state index in [2.05, 4.69) is 5.32 Å². The van der Waals surface area contributed by atoms with E-state index in [-0.39, 0.29) is 36.7 Å². The van der Waals surface area contributed by atoms with Gasteiger partial charge in [0.15, 0.2) is 5.65 Å². The second-order valence-corrected chi connectivity index (χ2v) is 9.95. The molecule has 0 spiro atoms. The molecule has 0 saturated carbocycles. The number of nitrogens with zero attached hydrogens (tertiary/aromatic N) is 4. The van der Waals surface area contributed by atoms with Crippen LogP contribution in [0.5, 0.6) is 5.95 Å². The molecule has 7 rings (SSSR count). The number of carboxylic acid groups (broad SMARTS) is 1. The summed E-state index contributed by atoms with van der Waals surface area (Å²) in [5.74, 6) is -1.48. The lowest BCUT2D eigenvalue weighted by Gasteiger charge is -2.35. The summed E-state index contributed by atoms with van der Waals surface area (Å²) in [7, 11) is 0. The minimum atomic E-state index is -1.13. The third-order valence-corrected chi connectivity index (χ3v) is 7.80. The molecule has 0 bridgehead atoms. The van der Waals surface area contributed by atoms with E-state index in [1.807, 2.05) is 8.97 Å². The van der Waals surface area contributed by atoms with Gasteiger partial charge in [-0.25, -0.2) is 14.8 Å². The third kappa shape index (κ3) is 2.98. The summed E-state index contributed by atoms with van der Waals surface area (Å²) >= 11 is 0. The van der Waals surface area contributed by atoms with E-state index in [4.69, 9.17) is 42.1 Å². The van der Waals surface area contributed by atoms with Gasteiger partial charge in [-0.1, -0.05) is 0 Å². The molecule has 14 nitrogen and oxygen atoms in total. The van der Waals surface area contributed by atoms with Crippen LogP contribution in [-0.4, -0.2) is 61.3 Å². The van der Waals surface area contributed by atoms with Crippen LogP contribution in [0.1, 0.15) is 36.0 Å². The Morgan fingerprint density at radius 1 is 1.12 bits per heavy atom. The number of hydrogen-bond donors (Lipinski definition) is 7. The molecule has 1 unspecified atom stereocenters. The molecule has 14 heteroatoms. The Morgan fingerprint density at radius 3 is 2.65 bits per heavy atom. The number of imidazole rings is 1. The van der Waals surface area contributed by atoms with Crippen LogP contribution in [0.3, 0.4) is 0 Å². The zero-order valence-electron chi connectivity index (χ0n) is 21.5. The van der Waals surface area contributed by atoms with Crippen molar-refractivity contribution >= 4 is 51.4 Å². The zero-order chi connectivity index (χ0) is 27.9. The molecule has 40 heavy (non-hydrogen) atoms. The zero-order valence-corrected chi connectivity index (χ0v) is 21.5. The molecule has 0 radical (unpaired) electrons. The average molecular weight is 548 g/mol. The third-order valence-electron chi connectivity index (χ3n) is 7.80. The van der Waals surface area contributed by atoms with Crippen LogP contribution in [-0.2, 0) is 22.5 Å². The highest BCUT2D eigenvalue weighted by molar-refractivity contribution is 6.10. The Balaban J connectivity index is 1.77. The number of aromatic hydroxyl groups is 1. The second-order valence-electron chi connectivity index (χ2n) is 9.95. The van der Waals surface area contributed by atoms with Gasteiger partial charge < -0.3 is 47.6 Å². The van der Waals surface area contributed by atoms with Crippen molar-refractivity contribution in [2.24, 2.45) is 22.9 Å². The first-order valence-corrected chi connectivity index (χ1v) is 13.2. The van der Waals surface area contributed by atoms with Crippen molar-refractivity contribution in [2.75, 3.05) is 31.5 Å². The number of aliphatic carboxylic acids is 1. The fraction of sp³-hybridized carbons (Fsp3) is 0.346. The van der Waals surface area contributed by atoms with Crippen LogP contribution in [0.2, 0.25) is 0 Å². The number of hydrogen-bond acceptors (Lipinski definition) is 11. The molecule has 6 heterocycles. The molecule has 3 aromatic rings. The summed E-state index contributed by atoms with van der Waals surface area (Å²) in [4.78, 5) is 22.5.